The van der Waals surface area contributed by atoms with Crippen LogP contribution in [0.1, 0.15) is 51.9 Å². The predicted molar refractivity (Wildman–Crippen MR) is 112 cm³/mol. The Balaban J connectivity index is 1.58. The number of carbonyl (C=O) groups excluding carboxylic acids is 1. The van der Waals surface area contributed by atoms with E-state index in [4.69, 9.17) is 0 Å². The van der Waals surface area contributed by atoms with E-state index in [0.717, 1.165) is 45.2 Å². The van der Waals surface area contributed by atoms with Crippen molar-refractivity contribution in [2.75, 3.05) is 32.0 Å². The third-order valence-corrected chi connectivity index (χ3v) is 7.94. The number of anilines is 1. The molecule has 1 N–H and O–H groups in total. The zero-order chi connectivity index (χ0) is 20.1. The molecule has 1 atom stereocenters. The summed E-state index contributed by atoms with van der Waals surface area (Å²) in [6, 6.07) is 6.63. The molecular weight excluding hydrogens is 374 g/mol. The van der Waals surface area contributed by atoms with Gasteiger partial charge >= 0.3 is 0 Å². The molecule has 1 aromatic carbocycles. The van der Waals surface area contributed by atoms with Gasteiger partial charge in [0.25, 0.3) is 0 Å². The lowest BCUT2D eigenvalue weighted by molar-refractivity contribution is -0.117. The lowest BCUT2D eigenvalue weighted by Crippen LogP contribution is -2.39. The molecule has 0 aromatic heterocycles. The molecule has 0 bridgehead atoms. The highest BCUT2D eigenvalue weighted by Crippen LogP contribution is 2.27. The number of sulfonamides is 1. The molecule has 1 aromatic rings. The van der Waals surface area contributed by atoms with E-state index < -0.39 is 10.0 Å². The summed E-state index contributed by atoms with van der Waals surface area (Å²) in [5, 5.41) is 2.89. The van der Waals surface area contributed by atoms with Crippen LogP contribution in [0.3, 0.4) is 0 Å². The molecule has 1 heterocycles. The smallest absolute Gasteiger partial charge is 0.243 e. The first-order valence-electron chi connectivity index (χ1n) is 10.5. The summed E-state index contributed by atoms with van der Waals surface area (Å²) in [5.41, 5.74) is 0.634. The second-order valence-electron chi connectivity index (χ2n) is 8.37. The van der Waals surface area contributed by atoms with Crippen molar-refractivity contribution in [3.8, 4) is 0 Å². The van der Waals surface area contributed by atoms with Crippen molar-refractivity contribution in [1.29, 1.82) is 0 Å². The molecule has 1 aliphatic heterocycles. The fraction of sp³-hybridized carbons (Fsp3) is 0.667. The topological polar surface area (TPSA) is 69.7 Å². The van der Waals surface area contributed by atoms with E-state index in [1.807, 2.05) is 0 Å². The lowest BCUT2D eigenvalue weighted by Gasteiger charge is -2.30. The molecule has 1 saturated heterocycles. The maximum absolute atomic E-state index is 12.9. The molecule has 1 saturated carbocycles. The molecule has 2 fully saturated rings. The number of likely N-dealkylation sites (tertiary alicyclic amines) is 1. The Morgan fingerprint density at radius 1 is 1.11 bits per heavy atom. The van der Waals surface area contributed by atoms with Gasteiger partial charge < -0.3 is 5.32 Å². The van der Waals surface area contributed by atoms with Crippen molar-refractivity contribution < 1.29 is 13.2 Å². The Morgan fingerprint density at radius 2 is 1.79 bits per heavy atom. The third kappa shape index (κ3) is 5.33. The van der Waals surface area contributed by atoms with Crippen LogP contribution in [0.2, 0.25) is 0 Å². The highest BCUT2D eigenvalue weighted by atomic mass is 32.2. The maximum atomic E-state index is 12.9. The maximum Gasteiger partial charge on any atom is 0.243 e. The van der Waals surface area contributed by atoms with Gasteiger partial charge in [0.2, 0.25) is 15.9 Å². The predicted octanol–water partition coefficient (Wildman–Crippen LogP) is 3.31. The van der Waals surface area contributed by atoms with Crippen LogP contribution >= 0.6 is 0 Å². The van der Waals surface area contributed by atoms with Gasteiger partial charge in [-0.05, 0) is 62.4 Å². The van der Waals surface area contributed by atoms with E-state index in [1.165, 1.54) is 17.1 Å². The largest absolute Gasteiger partial charge is 0.325 e. The summed E-state index contributed by atoms with van der Waals surface area (Å²) >= 11 is 0. The molecule has 2 aliphatic rings. The highest BCUT2D eigenvalue weighted by molar-refractivity contribution is 7.89. The lowest BCUT2D eigenvalue weighted by atomic mass is 9.96. The number of amides is 1. The number of rotatable bonds is 6. The van der Waals surface area contributed by atoms with E-state index in [2.05, 4.69) is 17.1 Å². The number of benzene rings is 1. The Kier molecular flexibility index (Phi) is 7.12. The van der Waals surface area contributed by atoms with E-state index in [9.17, 15) is 13.2 Å². The van der Waals surface area contributed by atoms with Crippen molar-refractivity contribution in [2.24, 2.45) is 5.92 Å². The standard InChI is InChI=1S/C21H33N3O3S/c1-17-7-6-14-24(15-17)16-21(25)22-18-10-12-20(13-11-18)28(26,27)23(2)19-8-4-3-5-9-19/h10-13,17,19H,3-9,14-16H2,1-2H3,(H,22,25)/t17-/m1/s1. The number of piperidine rings is 1. The fourth-order valence-electron chi connectivity index (χ4n) is 4.35. The molecule has 0 spiro atoms. The first kappa shape index (κ1) is 21.3. The molecule has 0 unspecified atom stereocenters. The summed E-state index contributed by atoms with van der Waals surface area (Å²) in [7, 11) is -1.82. The van der Waals surface area contributed by atoms with Gasteiger partial charge in [-0.15, -0.1) is 0 Å². The normalized spacial score (nSPS) is 22.3. The average Bonchev–Trinajstić information content (AvgIpc) is 2.68. The zero-order valence-electron chi connectivity index (χ0n) is 17.1. The fourth-order valence-corrected chi connectivity index (χ4v) is 5.77. The van der Waals surface area contributed by atoms with Gasteiger partial charge in [0.15, 0.2) is 0 Å². The van der Waals surface area contributed by atoms with Crippen molar-refractivity contribution in [3.63, 3.8) is 0 Å². The molecule has 1 aliphatic carbocycles. The van der Waals surface area contributed by atoms with Gasteiger partial charge in [0.05, 0.1) is 11.4 Å². The van der Waals surface area contributed by atoms with Crippen LogP contribution in [0.25, 0.3) is 0 Å². The molecule has 156 valence electrons. The Hall–Kier alpha value is -1.44. The van der Waals surface area contributed by atoms with E-state index in [1.54, 1.807) is 31.3 Å². The van der Waals surface area contributed by atoms with Crippen LogP contribution in [0.4, 0.5) is 5.69 Å². The van der Waals surface area contributed by atoms with Crippen LogP contribution < -0.4 is 5.32 Å². The average molecular weight is 408 g/mol. The first-order chi connectivity index (χ1) is 13.4. The molecule has 28 heavy (non-hydrogen) atoms. The van der Waals surface area contributed by atoms with Crippen LogP contribution in [-0.2, 0) is 14.8 Å². The number of nitrogens with zero attached hydrogens (tertiary/aromatic N) is 2. The number of nitrogens with one attached hydrogen (secondary N) is 1. The number of hydrogen-bond donors (Lipinski definition) is 1. The van der Waals surface area contributed by atoms with Gasteiger partial charge in [-0.25, -0.2) is 8.42 Å². The summed E-state index contributed by atoms with van der Waals surface area (Å²) in [6.07, 6.45) is 7.59. The number of hydrogen-bond acceptors (Lipinski definition) is 4. The quantitative estimate of drug-likeness (QED) is 0.785. The minimum Gasteiger partial charge on any atom is -0.325 e. The van der Waals surface area contributed by atoms with Crippen molar-refractivity contribution >= 4 is 21.6 Å². The summed E-state index contributed by atoms with van der Waals surface area (Å²) in [6.45, 7) is 4.52. The van der Waals surface area contributed by atoms with E-state index >= 15 is 0 Å². The molecule has 1 amide bonds. The summed E-state index contributed by atoms with van der Waals surface area (Å²) in [4.78, 5) is 14.8. The molecule has 7 heteroatoms. The minimum absolute atomic E-state index is 0.0518. The van der Waals surface area contributed by atoms with Crippen LogP contribution in [0.15, 0.2) is 29.2 Å². The highest BCUT2D eigenvalue weighted by Gasteiger charge is 2.29. The molecule has 6 nitrogen and oxygen atoms in total. The van der Waals surface area contributed by atoms with E-state index in [-0.39, 0.29) is 16.8 Å². The second kappa shape index (κ2) is 9.37. The zero-order valence-corrected chi connectivity index (χ0v) is 17.9. The van der Waals surface area contributed by atoms with Gasteiger partial charge in [0.1, 0.15) is 0 Å². The van der Waals surface area contributed by atoms with Crippen LogP contribution in [0.5, 0.6) is 0 Å². The van der Waals surface area contributed by atoms with Crippen LogP contribution in [0, 0.1) is 5.92 Å². The van der Waals surface area contributed by atoms with Gasteiger partial charge in [-0.2, -0.15) is 4.31 Å². The second-order valence-corrected chi connectivity index (χ2v) is 10.4. The Labute approximate surface area is 169 Å². The van der Waals surface area contributed by atoms with E-state index in [0.29, 0.717) is 18.2 Å². The van der Waals surface area contributed by atoms with Crippen molar-refractivity contribution in [3.05, 3.63) is 24.3 Å². The van der Waals surface area contributed by atoms with Crippen molar-refractivity contribution in [2.45, 2.75) is 62.8 Å². The SMILES string of the molecule is C[C@@H]1CCCN(CC(=O)Nc2ccc(S(=O)(=O)N(C)C3CCCCC3)cc2)C1. The number of carbonyl (C=O) groups is 1. The minimum atomic E-state index is -3.50. The van der Waals surface area contributed by atoms with Gasteiger partial charge in [-0.1, -0.05) is 26.2 Å². The monoisotopic (exact) mass is 407 g/mol. The van der Waals surface area contributed by atoms with Gasteiger partial charge in [-0.3, -0.25) is 9.69 Å². The molecule has 3 rings (SSSR count). The molecule has 0 radical (unpaired) electrons. The first-order valence-corrected chi connectivity index (χ1v) is 11.9. The van der Waals surface area contributed by atoms with Gasteiger partial charge in [0, 0.05) is 25.3 Å². The Morgan fingerprint density at radius 3 is 2.43 bits per heavy atom. The van der Waals surface area contributed by atoms with Crippen LogP contribution in [-0.4, -0.2) is 56.3 Å². The molecular formula is C21H33N3O3S. The summed E-state index contributed by atoms with van der Waals surface area (Å²) in [5.74, 6) is 0.580. The third-order valence-electron chi connectivity index (χ3n) is 6.01. The Bertz CT molecular complexity index is 758. The summed E-state index contributed by atoms with van der Waals surface area (Å²) < 4.78 is 27.3. The van der Waals surface area contributed by atoms with Crippen molar-refractivity contribution in [1.82, 2.24) is 9.21 Å².